The zero-order chi connectivity index (χ0) is 18.4. The summed E-state index contributed by atoms with van der Waals surface area (Å²) in [5.74, 6) is 2.22. The van der Waals surface area contributed by atoms with Gasteiger partial charge >= 0.3 is 0 Å². The van der Waals surface area contributed by atoms with Crippen LogP contribution >= 0.6 is 11.8 Å². The lowest BCUT2D eigenvalue weighted by molar-refractivity contribution is -0.136. The number of para-hydroxylation sites is 1. The highest BCUT2D eigenvalue weighted by Crippen LogP contribution is 2.45. The minimum Gasteiger partial charge on any atom is -0.493 e. The van der Waals surface area contributed by atoms with Crippen LogP contribution in [0.3, 0.4) is 0 Å². The Morgan fingerprint density at radius 2 is 1.92 bits per heavy atom. The fourth-order valence-corrected chi connectivity index (χ4v) is 4.30. The Morgan fingerprint density at radius 3 is 2.65 bits per heavy atom. The van der Waals surface area contributed by atoms with Gasteiger partial charge in [-0.05, 0) is 11.6 Å². The van der Waals surface area contributed by atoms with Gasteiger partial charge < -0.3 is 19.1 Å². The molecule has 0 bridgehead atoms. The maximum atomic E-state index is 12.7. The van der Waals surface area contributed by atoms with Crippen LogP contribution in [0.5, 0.6) is 11.5 Å². The molecule has 1 saturated heterocycles. The molecule has 0 aromatic heterocycles. The van der Waals surface area contributed by atoms with Crippen LogP contribution in [-0.2, 0) is 16.1 Å². The summed E-state index contributed by atoms with van der Waals surface area (Å²) in [6, 6.07) is 15.6. The maximum Gasteiger partial charge on any atom is 0.249 e. The molecule has 1 heterocycles. The third-order valence-corrected chi connectivity index (χ3v) is 5.49. The largest absolute Gasteiger partial charge is 0.493 e. The normalized spacial score (nSPS) is 16.5. The minimum atomic E-state index is -0.0899. The number of hydrogen-bond acceptors (Lipinski definition) is 5. The first-order valence-electron chi connectivity index (χ1n) is 8.48. The molecule has 0 spiro atoms. The molecule has 0 aliphatic carbocycles. The van der Waals surface area contributed by atoms with Gasteiger partial charge in [-0.1, -0.05) is 42.5 Å². The van der Waals surface area contributed by atoms with E-state index in [1.807, 2.05) is 53.4 Å². The van der Waals surface area contributed by atoms with E-state index in [4.69, 9.17) is 14.2 Å². The molecule has 1 aliphatic rings. The molecule has 1 aliphatic heterocycles. The summed E-state index contributed by atoms with van der Waals surface area (Å²) < 4.78 is 16.5. The Kier molecular flexibility index (Phi) is 6.41. The van der Waals surface area contributed by atoms with Crippen molar-refractivity contribution in [2.75, 3.05) is 33.1 Å². The summed E-state index contributed by atoms with van der Waals surface area (Å²) in [5, 5.41) is -0.0899. The molecule has 0 unspecified atom stereocenters. The standard InChI is InChI=1S/C20H23NO4S/c1-23-17-10-6-9-16(19(17)24-2)20-21(11-12-26-20)18(22)14-25-13-15-7-4-3-5-8-15/h3-10,20H,11-14H2,1-2H3/t20-/m1/s1. The zero-order valence-electron chi connectivity index (χ0n) is 15.0. The van der Waals surface area contributed by atoms with Gasteiger partial charge in [0.1, 0.15) is 12.0 Å². The van der Waals surface area contributed by atoms with Crippen molar-refractivity contribution in [3.05, 3.63) is 59.7 Å². The highest BCUT2D eigenvalue weighted by Gasteiger charge is 2.33. The molecule has 26 heavy (non-hydrogen) atoms. The lowest BCUT2D eigenvalue weighted by Gasteiger charge is -2.26. The molecular weight excluding hydrogens is 350 g/mol. The van der Waals surface area contributed by atoms with Crippen LogP contribution in [0, 0.1) is 0 Å². The van der Waals surface area contributed by atoms with Crippen molar-refractivity contribution in [2.45, 2.75) is 12.0 Å². The number of hydrogen-bond donors (Lipinski definition) is 0. The second-order valence-corrected chi connectivity index (χ2v) is 7.06. The number of carbonyl (C=O) groups excluding carboxylic acids is 1. The Balaban J connectivity index is 1.67. The van der Waals surface area contributed by atoms with Crippen molar-refractivity contribution >= 4 is 17.7 Å². The second kappa shape index (κ2) is 8.96. The minimum absolute atomic E-state index is 0.0131. The van der Waals surface area contributed by atoms with Gasteiger partial charge in [0.25, 0.3) is 0 Å². The van der Waals surface area contributed by atoms with Crippen molar-refractivity contribution in [3.63, 3.8) is 0 Å². The van der Waals surface area contributed by atoms with Crippen molar-refractivity contribution in [1.82, 2.24) is 4.90 Å². The van der Waals surface area contributed by atoms with Gasteiger partial charge in [0.05, 0.1) is 20.8 Å². The van der Waals surface area contributed by atoms with Crippen LogP contribution in [0.4, 0.5) is 0 Å². The third kappa shape index (κ3) is 4.14. The van der Waals surface area contributed by atoms with E-state index in [1.54, 1.807) is 26.0 Å². The van der Waals surface area contributed by atoms with E-state index in [2.05, 4.69) is 0 Å². The van der Waals surface area contributed by atoms with Crippen molar-refractivity contribution in [1.29, 1.82) is 0 Å². The quantitative estimate of drug-likeness (QED) is 0.743. The first-order chi connectivity index (χ1) is 12.7. The van der Waals surface area contributed by atoms with E-state index >= 15 is 0 Å². The summed E-state index contributed by atoms with van der Waals surface area (Å²) in [5.41, 5.74) is 2.01. The van der Waals surface area contributed by atoms with Crippen LogP contribution < -0.4 is 9.47 Å². The summed E-state index contributed by atoms with van der Waals surface area (Å²) in [4.78, 5) is 14.5. The number of ether oxygens (including phenoxy) is 3. The maximum absolute atomic E-state index is 12.7. The van der Waals surface area contributed by atoms with Crippen molar-refractivity contribution in [2.24, 2.45) is 0 Å². The second-order valence-electron chi connectivity index (χ2n) is 5.87. The molecule has 1 amide bonds. The molecule has 6 heteroatoms. The molecular formula is C20H23NO4S. The number of methoxy groups -OCH3 is 2. The third-order valence-electron chi connectivity index (χ3n) is 4.25. The highest BCUT2D eigenvalue weighted by molar-refractivity contribution is 7.99. The highest BCUT2D eigenvalue weighted by atomic mass is 32.2. The average molecular weight is 373 g/mol. The summed E-state index contributed by atoms with van der Waals surface area (Å²) in [6.45, 7) is 1.20. The first kappa shape index (κ1) is 18.6. The zero-order valence-corrected chi connectivity index (χ0v) is 15.8. The van der Waals surface area contributed by atoms with Crippen LogP contribution in [-0.4, -0.2) is 43.9 Å². The Hall–Kier alpha value is -2.18. The molecule has 2 aromatic carbocycles. The molecule has 2 aromatic rings. The van der Waals surface area contributed by atoms with Gasteiger partial charge in [0, 0.05) is 17.9 Å². The topological polar surface area (TPSA) is 48.0 Å². The van der Waals surface area contributed by atoms with Crippen LogP contribution in [0.1, 0.15) is 16.5 Å². The number of nitrogens with zero attached hydrogens (tertiary/aromatic N) is 1. The Morgan fingerprint density at radius 1 is 1.12 bits per heavy atom. The Bertz CT molecular complexity index is 738. The van der Waals surface area contributed by atoms with E-state index in [0.717, 1.165) is 16.9 Å². The first-order valence-corrected chi connectivity index (χ1v) is 9.53. The fraction of sp³-hybridized carbons (Fsp3) is 0.350. The molecule has 0 N–H and O–H groups in total. The van der Waals surface area contributed by atoms with Crippen LogP contribution in [0.15, 0.2) is 48.5 Å². The van der Waals surface area contributed by atoms with Gasteiger partial charge in [-0.25, -0.2) is 0 Å². The number of benzene rings is 2. The SMILES string of the molecule is COc1cccc([C@H]2SCCN2C(=O)COCc2ccccc2)c1OC. The number of thioether (sulfide) groups is 1. The summed E-state index contributed by atoms with van der Waals surface area (Å²) in [6.07, 6.45) is 0. The van der Waals surface area contributed by atoms with E-state index in [-0.39, 0.29) is 17.9 Å². The molecule has 1 atom stereocenters. The summed E-state index contributed by atoms with van der Waals surface area (Å²) in [7, 11) is 3.24. The van der Waals surface area contributed by atoms with Crippen LogP contribution in [0.2, 0.25) is 0 Å². The van der Waals surface area contributed by atoms with E-state index in [9.17, 15) is 4.79 Å². The molecule has 0 saturated carbocycles. The summed E-state index contributed by atoms with van der Waals surface area (Å²) >= 11 is 1.72. The molecule has 0 radical (unpaired) electrons. The molecule has 3 rings (SSSR count). The number of rotatable bonds is 7. The monoisotopic (exact) mass is 373 g/mol. The van der Waals surface area contributed by atoms with Gasteiger partial charge in [-0.3, -0.25) is 4.79 Å². The molecule has 1 fully saturated rings. The van der Waals surface area contributed by atoms with E-state index in [1.165, 1.54) is 0 Å². The van der Waals surface area contributed by atoms with Gasteiger partial charge in [-0.2, -0.15) is 0 Å². The smallest absolute Gasteiger partial charge is 0.249 e. The molecule has 5 nitrogen and oxygen atoms in total. The van der Waals surface area contributed by atoms with Gasteiger partial charge in [-0.15, -0.1) is 11.8 Å². The number of amides is 1. The fourth-order valence-electron chi connectivity index (χ4n) is 3.00. The van der Waals surface area contributed by atoms with E-state index < -0.39 is 0 Å². The van der Waals surface area contributed by atoms with Crippen molar-refractivity contribution < 1.29 is 19.0 Å². The predicted octanol–water partition coefficient (Wildman–Crippen LogP) is 3.49. The van der Waals surface area contributed by atoms with Crippen molar-refractivity contribution in [3.8, 4) is 11.5 Å². The predicted molar refractivity (Wildman–Crippen MR) is 103 cm³/mol. The lowest BCUT2D eigenvalue weighted by Crippen LogP contribution is -2.33. The van der Waals surface area contributed by atoms with E-state index in [0.29, 0.717) is 24.7 Å². The average Bonchev–Trinajstić information content (AvgIpc) is 3.17. The van der Waals surface area contributed by atoms with Gasteiger partial charge in [0.15, 0.2) is 11.5 Å². The van der Waals surface area contributed by atoms with Gasteiger partial charge in [0.2, 0.25) is 5.91 Å². The van der Waals surface area contributed by atoms with Crippen LogP contribution in [0.25, 0.3) is 0 Å². The number of carbonyl (C=O) groups is 1. The lowest BCUT2D eigenvalue weighted by atomic mass is 10.1. The molecule has 138 valence electrons. The Labute approximate surface area is 158 Å².